The number of alkyl carbamates (subject to hydrolysis) is 1. The molecule has 2 saturated heterocycles. The second kappa shape index (κ2) is 37.6. The van der Waals surface area contributed by atoms with Gasteiger partial charge in [0, 0.05) is 77.0 Å². The fourth-order valence-corrected chi connectivity index (χ4v) is 17.2. The highest BCUT2D eigenvalue weighted by Gasteiger charge is 2.78. The Morgan fingerprint density at radius 2 is 1.42 bits per heavy atom. The molecule has 3 aromatic carbocycles. The number of ether oxygens (including phenoxy) is 8. The average molecular weight is 1570 g/mol. The minimum Gasteiger partial charge on any atom is -0.481 e. The van der Waals surface area contributed by atoms with Gasteiger partial charge in [-0.3, -0.25) is 43.3 Å². The first-order valence-electron chi connectivity index (χ1n) is 36.4. The van der Waals surface area contributed by atoms with Crippen LogP contribution in [-0.2, 0) is 87.5 Å². The molecule has 600 valence electrons. The van der Waals surface area contributed by atoms with Crippen molar-refractivity contribution in [3.63, 3.8) is 0 Å². The molecule has 15 atom stereocenters. The number of Topliss-reactive ketones (excluding diaryl/α,β-unsaturated/α-hetero) is 1. The summed E-state index contributed by atoms with van der Waals surface area (Å²) < 4.78 is 50.3. The number of aliphatic hydroxyl groups is 1. The Morgan fingerprint density at radius 3 is 2.02 bits per heavy atom. The Bertz CT molecular complexity index is 3900. The molecule has 2 saturated carbocycles. The zero-order chi connectivity index (χ0) is 80.6. The van der Waals surface area contributed by atoms with Crippen molar-refractivity contribution in [2.45, 2.75) is 197 Å². The standard InChI is InChI=1S/C76H102N10O22S2/c1-12-13-32-86(33-34-109-110-40-50-66(95)82-47(30-23-31-79-69(77)78)63(92)80-39-54(88)81-49(36-55(89)90)65(94)83-48(64(93)84-50)35-44-24-17-14-18-25-44)71(99)105-59(57(45-26-19-15-20-27-45)85-70(98)108-72(4,5)6)68(97)104-51-38-76(100)62(106-67(96)46-28-21-16-22-29-46)60-74(9,61(91)58(102-11)56(42(51)2)73(76,7)8)52(101-10)37-53-75(60,41-103-53)107-43(3)87/h14-22,24-29,47-53,57-60,62,100H,12-13,23,30-41H2,1-11H3,(H,80,92)(H,81,88)(H,82,95)(H,83,94)(H,84,93)(H,85,98)(H,89,90)(H4,77,78,79). The third kappa shape index (κ3) is 20.4. The molecule has 3 aliphatic carbocycles. The molecular formula is C76H102N10O22S2. The lowest BCUT2D eigenvalue weighted by Gasteiger charge is -2.67. The number of benzene rings is 3. The van der Waals surface area contributed by atoms with Crippen LogP contribution in [0.4, 0.5) is 9.59 Å². The van der Waals surface area contributed by atoms with Crippen molar-refractivity contribution in [3.8, 4) is 0 Å². The highest BCUT2D eigenvalue weighted by atomic mass is 33.1. The van der Waals surface area contributed by atoms with Crippen molar-refractivity contribution in [3.05, 3.63) is 119 Å². The zero-order valence-corrected chi connectivity index (χ0v) is 65.3. The maximum atomic E-state index is 16.2. The summed E-state index contributed by atoms with van der Waals surface area (Å²) in [4.78, 5) is 177. The number of nitrogens with two attached hydrogens (primary N) is 2. The third-order valence-electron chi connectivity index (χ3n) is 20.6. The minimum absolute atomic E-state index is 0.0242. The molecule has 2 heterocycles. The van der Waals surface area contributed by atoms with E-state index in [0.717, 1.165) is 21.6 Å². The number of carboxylic acid groups (broad SMARTS) is 1. The fraction of sp³-hybridized carbons (Fsp3) is 0.566. The van der Waals surface area contributed by atoms with E-state index in [4.69, 9.17) is 49.4 Å². The van der Waals surface area contributed by atoms with Crippen molar-refractivity contribution in [2.75, 3.05) is 58.5 Å². The van der Waals surface area contributed by atoms with E-state index in [1.54, 1.807) is 127 Å². The topological polar surface area (TPSA) is 459 Å². The number of hydrogen-bond donors (Lipinski definition) is 10. The van der Waals surface area contributed by atoms with Crippen LogP contribution in [0.5, 0.6) is 0 Å². The van der Waals surface area contributed by atoms with Crippen LogP contribution in [0.25, 0.3) is 0 Å². The largest absolute Gasteiger partial charge is 0.481 e. The van der Waals surface area contributed by atoms with E-state index < -0.39 is 191 Å². The van der Waals surface area contributed by atoms with Crippen LogP contribution in [0.3, 0.4) is 0 Å². The number of hydrogen-bond acceptors (Lipinski definition) is 24. The molecule has 2 aliphatic heterocycles. The van der Waals surface area contributed by atoms with E-state index in [0.29, 0.717) is 18.4 Å². The quantitative estimate of drug-likeness (QED) is 0.00932. The number of aliphatic carboxylic acids is 1. The lowest BCUT2D eigenvalue weighted by atomic mass is 9.44. The molecule has 0 aromatic heterocycles. The molecular weight excluding hydrogens is 1470 g/mol. The molecule has 7 amide bonds. The number of rotatable bonds is 28. The van der Waals surface area contributed by atoms with Gasteiger partial charge in [-0.2, -0.15) is 0 Å². The van der Waals surface area contributed by atoms with Gasteiger partial charge in [0.05, 0.1) is 42.6 Å². The molecule has 0 spiro atoms. The Balaban J connectivity index is 1.14. The van der Waals surface area contributed by atoms with E-state index in [-0.39, 0.29) is 91.7 Å². The van der Waals surface area contributed by atoms with Gasteiger partial charge in [-0.25, -0.2) is 19.2 Å². The highest BCUT2D eigenvalue weighted by Crippen LogP contribution is 2.65. The minimum atomic E-state index is -2.43. The van der Waals surface area contributed by atoms with Gasteiger partial charge in [-0.15, -0.1) is 0 Å². The van der Waals surface area contributed by atoms with Crippen LogP contribution >= 0.6 is 21.6 Å². The summed E-state index contributed by atoms with van der Waals surface area (Å²) in [7, 11) is 4.90. The fourth-order valence-electron chi connectivity index (χ4n) is 15.1. The van der Waals surface area contributed by atoms with E-state index in [9.17, 15) is 53.4 Å². The summed E-state index contributed by atoms with van der Waals surface area (Å²) in [5, 5.41) is 39.5. The number of aliphatic imine (C=N–C) groups is 1. The first-order valence-corrected chi connectivity index (χ1v) is 38.9. The van der Waals surface area contributed by atoms with Gasteiger partial charge in [0.2, 0.25) is 35.6 Å². The second-order valence-corrected chi connectivity index (χ2v) is 32.2. The highest BCUT2D eigenvalue weighted by molar-refractivity contribution is 8.76. The van der Waals surface area contributed by atoms with Crippen LogP contribution in [-0.4, -0.2) is 229 Å². The monoisotopic (exact) mass is 1570 g/mol. The molecule has 4 fully saturated rings. The molecule has 34 heteroatoms. The normalized spacial score (nSPS) is 27.4. The van der Waals surface area contributed by atoms with Crippen LogP contribution in [0.1, 0.15) is 135 Å². The molecule has 110 heavy (non-hydrogen) atoms. The van der Waals surface area contributed by atoms with E-state index in [2.05, 4.69) is 36.9 Å². The number of nitrogens with one attached hydrogen (secondary N) is 6. The third-order valence-corrected chi connectivity index (χ3v) is 23.0. The van der Waals surface area contributed by atoms with Gasteiger partial charge in [-0.05, 0) is 88.3 Å². The number of fused-ring (bicyclic) bond motifs is 5. The maximum Gasteiger partial charge on any atom is 0.410 e. The van der Waals surface area contributed by atoms with Crippen LogP contribution in [0, 0.1) is 16.7 Å². The SMILES string of the molecule is CCCCN(CCSSCC1NC(=O)C(Cc2ccccc2)NC(=O)C(CC(=O)O)NC(=O)CNC(=O)C(CCCN=C(N)N)NC1=O)C(=O)OC(C(=O)OC1CC2(O)C(OC(=O)c3ccccc3)C3C4(OC(C)=O)COC4CC(OC)C3(C)C(=O)C(OC)C(=C1C)C2(C)C)C(NC(=O)OC(C)(C)C)c1ccccc1. The summed E-state index contributed by atoms with van der Waals surface area (Å²) in [5.41, 5.74) is 3.54. The van der Waals surface area contributed by atoms with E-state index >= 15 is 14.4 Å². The first-order chi connectivity index (χ1) is 52.0. The van der Waals surface area contributed by atoms with Gasteiger partial charge in [-0.1, -0.05) is 128 Å². The van der Waals surface area contributed by atoms with Gasteiger partial charge in [0.15, 0.2) is 17.3 Å². The van der Waals surface area contributed by atoms with Crippen LogP contribution in [0.2, 0.25) is 0 Å². The predicted molar refractivity (Wildman–Crippen MR) is 402 cm³/mol. The summed E-state index contributed by atoms with van der Waals surface area (Å²) >= 11 is 0. The molecule has 15 unspecified atom stereocenters. The molecule has 12 N–H and O–H groups in total. The van der Waals surface area contributed by atoms with Gasteiger partial charge >= 0.3 is 36.1 Å². The molecule has 2 bridgehead atoms. The Morgan fingerprint density at radius 1 is 0.791 bits per heavy atom. The van der Waals surface area contributed by atoms with Crippen LogP contribution < -0.4 is 43.4 Å². The number of carbonyl (C=O) groups is 12. The lowest BCUT2D eigenvalue weighted by Crippen LogP contribution is -2.82. The Kier molecular flexibility index (Phi) is 29.5. The number of unbranched alkanes of at least 4 members (excludes halogenated alkanes) is 1. The second-order valence-electron chi connectivity index (χ2n) is 29.6. The number of carboxylic acids is 1. The average Bonchev–Trinajstić information content (AvgIpc) is 0.668. The maximum absolute atomic E-state index is 16.2. The lowest BCUT2D eigenvalue weighted by molar-refractivity contribution is -0.347. The molecule has 0 radical (unpaired) electrons. The number of guanidine groups is 1. The molecule has 32 nitrogen and oxygen atoms in total. The summed E-state index contributed by atoms with van der Waals surface area (Å²) in [6.07, 6.45) is -11.8. The van der Waals surface area contributed by atoms with Crippen LogP contribution in [0.15, 0.2) is 107 Å². The summed E-state index contributed by atoms with van der Waals surface area (Å²) in [6, 6.07) is 16.8. The number of methoxy groups -OCH3 is 2. The van der Waals surface area contributed by atoms with Gasteiger partial charge in [0.1, 0.15) is 65.8 Å². The smallest absolute Gasteiger partial charge is 0.410 e. The number of esters is 3. The van der Waals surface area contributed by atoms with Crippen molar-refractivity contribution in [1.82, 2.24) is 36.8 Å². The predicted octanol–water partition coefficient (Wildman–Crippen LogP) is 4.04. The summed E-state index contributed by atoms with van der Waals surface area (Å²) in [6.45, 7) is 13.3. The van der Waals surface area contributed by atoms with Crippen molar-refractivity contribution in [2.24, 2.45) is 33.2 Å². The number of nitrogens with zero attached hydrogens (tertiary/aromatic N) is 2. The van der Waals surface area contributed by atoms with Gasteiger partial charge in [0.25, 0.3) is 0 Å². The van der Waals surface area contributed by atoms with E-state index in [1.165, 1.54) is 38.2 Å². The Hall–Kier alpha value is -9.35. The summed E-state index contributed by atoms with van der Waals surface area (Å²) in [5.74, 6) is -11.5. The zero-order valence-electron chi connectivity index (χ0n) is 63.6. The first kappa shape index (κ1) is 86.2. The molecule has 3 aromatic rings. The number of ketones is 1. The van der Waals surface area contributed by atoms with Crippen molar-refractivity contribution < 1.29 is 106 Å². The molecule has 5 aliphatic rings. The number of amides is 7. The van der Waals surface area contributed by atoms with E-state index in [1.807, 2.05) is 6.92 Å². The Labute approximate surface area is 646 Å². The number of carbonyl (C=O) groups excluding carboxylic acids is 11. The molecule has 8 rings (SSSR count). The van der Waals surface area contributed by atoms with Crippen molar-refractivity contribution in [1.29, 1.82) is 0 Å². The van der Waals surface area contributed by atoms with Crippen molar-refractivity contribution >= 4 is 98.9 Å². The van der Waals surface area contributed by atoms with Gasteiger partial charge < -0.3 is 96.4 Å².